The summed E-state index contributed by atoms with van der Waals surface area (Å²) >= 11 is 1.26. The van der Waals surface area contributed by atoms with E-state index in [4.69, 9.17) is 5.11 Å². The van der Waals surface area contributed by atoms with Gasteiger partial charge in [-0.3, -0.25) is 0 Å². The van der Waals surface area contributed by atoms with Gasteiger partial charge in [0.15, 0.2) is 0 Å². The van der Waals surface area contributed by atoms with E-state index in [-0.39, 0.29) is 11.9 Å². The van der Waals surface area contributed by atoms with Crippen LogP contribution in [0.5, 0.6) is 0 Å². The van der Waals surface area contributed by atoms with Crippen LogP contribution in [-0.4, -0.2) is 11.1 Å². The third kappa shape index (κ3) is 3.23. The Morgan fingerprint density at radius 1 is 1.45 bits per heavy atom. The van der Waals surface area contributed by atoms with Crippen molar-refractivity contribution in [3.8, 4) is 0 Å². The SMILES string of the molecule is Cc1sc(C(=O)O)cc1CN[C@H](C)c1ccccc1F. The minimum absolute atomic E-state index is 0.135. The Balaban J connectivity index is 2.05. The highest BCUT2D eigenvalue weighted by molar-refractivity contribution is 7.14. The van der Waals surface area contributed by atoms with Crippen LogP contribution in [-0.2, 0) is 6.54 Å². The van der Waals surface area contributed by atoms with Gasteiger partial charge in [-0.05, 0) is 31.5 Å². The fourth-order valence-corrected chi connectivity index (χ4v) is 2.88. The smallest absolute Gasteiger partial charge is 0.345 e. The molecular weight excluding hydrogens is 277 g/mol. The summed E-state index contributed by atoms with van der Waals surface area (Å²) in [7, 11) is 0. The molecule has 0 fully saturated rings. The molecule has 2 N–H and O–H groups in total. The van der Waals surface area contributed by atoms with Crippen molar-refractivity contribution >= 4 is 17.3 Å². The van der Waals surface area contributed by atoms with Gasteiger partial charge in [0.2, 0.25) is 0 Å². The van der Waals surface area contributed by atoms with E-state index in [1.165, 1.54) is 17.4 Å². The van der Waals surface area contributed by atoms with E-state index in [0.717, 1.165) is 10.4 Å². The van der Waals surface area contributed by atoms with Crippen LogP contribution in [0.15, 0.2) is 30.3 Å². The average Bonchev–Trinajstić information content (AvgIpc) is 2.78. The Morgan fingerprint density at radius 3 is 2.75 bits per heavy atom. The van der Waals surface area contributed by atoms with Gasteiger partial charge in [0.1, 0.15) is 10.7 Å². The second-order valence-corrected chi connectivity index (χ2v) is 5.88. The standard InChI is InChI=1S/C15H16FNO2S/c1-9(12-5-3-4-6-13(12)16)17-8-11-7-14(15(18)19)20-10(11)2/h3-7,9,17H,8H2,1-2H3,(H,18,19)/t9-/m1/s1. The number of carbonyl (C=O) groups is 1. The summed E-state index contributed by atoms with van der Waals surface area (Å²) in [6.45, 7) is 4.30. The topological polar surface area (TPSA) is 49.3 Å². The van der Waals surface area contributed by atoms with Crippen LogP contribution < -0.4 is 5.32 Å². The first kappa shape index (κ1) is 14.7. The molecule has 5 heteroatoms. The quantitative estimate of drug-likeness (QED) is 0.882. The second-order valence-electron chi connectivity index (χ2n) is 4.62. The van der Waals surface area contributed by atoms with E-state index in [1.54, 1.807) is 24.3 Å². The van der Waals surface area contributed by atoms with Crippen molar-refractivity contribution in [2.45, 2.75) is 26.4 Å². The maximum Gasteiger partial charge on any atom is 0.345 e. The lowest BCUT2D eigenvalue weighted by Crippen LogP contribution is -2.19. The number of rotatable bonds is 5. The van der Waals surface area contributed by atoms with Crippen LogP contribution in [0.25, 0.3) is 0 Å². The Bertz CT molecular complexity index is 624. The first-order chi connectivity index (χ1) is 9.49. The predicted molar refractivity (Wildman–Crippen MR) is 77.7 cm³/mol. The van der Waals surface area contributed by atoms with Crippen molar-refractivity contribution in [3.63, 3.8) is 0 Å². The number of nitrogens with one attached hydrogen (secondary N) is 1. The number of thiophene rings is 1. The molecule has 0 radical (unpaired) electrons. The van der Waals surface area contributed by atoms with Crippen LogP contribution in [0.2, 0.25) is 0 Å². The minimum atomic E-state index is -0.911. The molecule has 0 saturated heterocycles. The van der Waals surface area contributed by atoms with Gasteiger partial charge in [-0.2, -0.15) is 0 Å². The molecule has 20 heavy (non-hydrogen) atoms. The van der Waals surface area contributed by atoms with Crippen molar-refractivity contribution in [1.29, 1.82) is 0 Å². The van der Waals surface area contributed by atoms with Gasteiger partial charge in [0.05, 0.1) is 0 Å². The molecule has 106 valence electrons. The van der Waals surface area contributed by atoms with E-state index < -0.39 is 5.97 Å². The summed E-state index contributed by atoms with van der Waals surface area (Å²) in [6, 6.07) is 8.18. The van der Waals surface area contributed by atoms with E-state index in [2.05, 4.69) is 5.32 Å². The minimum Gasteiger partial charge on any atom is -0.477 e. The molecule has 3 nitrogen and oxygen atoms in total. The maximum absolute atomic E-state index is 13.6. The van der Waals surface area contributed by atoms with Gasteiger partial charge in [0, 0.05) is 23.0 Å². The number of aromatic carboxylic acids is 1. The summed E-state index contributed by atoms with van der Waals surface area (Å²) < 4.78 is 13.6. The molecule has 0 aliphatic rings. The summed E-state index contributed by atoms with van der Waals surface area (Å²) in [5.74, 6) is -1.15. The summed E-state index contributed by atoms with van der Waals surface area (Å²) in [5.41, 5.74) is 1.55. The lowest BCUT2D eigenvalue weighted by atomic mass is 10.1. The molecule has 0 aliphatic carbocycles. The fourth-order valence-electron chi connectivity index (χ4n) is 2.00. The zero-order valence-electron chi connectivity index (χ0n) is 11.3. The van der Waals surface area contributed by atoms with Gasteiger partial charge >= 0.3 is 5.97 Å². The fraction of sp³-hybridized carbons (Fsp3) is 0.267. The van der Waals surface area contributed by atoms with E-state index in [1.807, 2.05) is 13.8 Å². The van der Waals surface area contributed by atoms with Crippen LogP contribution in [0.3, 0.4) is 0 Å². The summed E-state index contributed by atoms with van der Waals surface area (Å²) in [5, 5.41) is 12.2. The lowest BCUT2D eigenvalue weighted by molar-refractivity contribution is 0.0702. The Labute approximate surface area is 121 Å². The van der Waals surface area contributed by atoms with E-state index >= 15 is 0 Å². The number of halogens is 1. The highest BCUT2D eigenvalue weighted by Crippen LogP contribution is 2.23. The third-order valence-corrected chi connectivity index (χ3v) is 4.28. The largest absolute Gasteiger partial charge is 0.477 e. The molecule has 0 aliphatic heterocycles. The molecule has 0 spiro atoms. The van der Waals surface area contributed by atoms with Crippen LogP contribution in [0, 0.1) is 12.7 Å². The molecule has 2 rings (SSSR count). The first-order valence-electron chi connectivity index (χ1n) is 6.29. The van der Waals surface area contributed by atoms with Crippen molar-refractivity contribution in [2.75, 3.05) is 0 Å². The van der Waals surface area contributed by atoms with Gasteiger partial charge < -0.3 is 10.4 Å². The predicted octanol–water partition coefficient (Wildman–Crippen LogP) is 3.74. The third-order valence-electron chi connectivity index (χ3n) is 3.20. The molecule has 0 bridgehead atoms. The summed E-state index contributed by atoms with van der Waals surface area (Å²) in [6.07, 6.45) is 0. The molecule has 0 amide bonds. The summed E-state index contributed by atoms with van der Waals surface area (Å²) in [4.78, 5) is 12.2. The van der Waals surface area contributed by atoms with Gasteiger partial charge in [-0.15, -0.1) is 11.3 Å². The number of carboxylic acid groups (broad SMARTS) is 1. The second kappa shape index (κ2) is 6.15. The Morgan fingerprint density at radius 2 is 2.15 bits per heavy atom. The van der Waals surface area contributed by atoms with E-state index in [0.29, 0.717) is 17.0 Å². The molecule has 2 aromatic rings. The number of hydrogen-bond acceptors (Lipinski definition) is 3. The van der Waals surface area contributed by atoms with Gasteiger partial charge in [0.25, 0.3) is 0 Å². The van der Waals surface area contributed by atoms with Crippen molar-refractivity contribution in [3.05, 3.63) is 57.0 Å². The Kier molecular flexibility index (Phi) is 4.52. The molecular formula is C15H16FNO2S. The number of aryl methyl sites for hydroxylation is 1. The average molecular weight is 293 g/mol. The van der Waals surface area contributed by atoms with Crippen molar-refractivity contribution in [2.24, 2.45) is 0 Å². The van der Waals surface area contributed by atoms with Crippen LogP contribution in [0.4, 0.5) is 4.39 Å². The lowest BCUT2D eigenvalue weighted by Gasteiger charge is -2.14. The van der Waals surface area contributed by atoms with Crippen LogP contribution >= 0.6 is 11.3 Å². The van der Waals surface area contributed by atoms with Gasteiger partial charge in [-0.1, -0.05) is 18.2 Å². The molecule has 0 saturated carbocycles. The van der Waals surface area contributed by atoms with Crippen LogP contribution in [0.1, 0.15) is 38.6 Å². The molecule has 0 unspecified atom stereocenters. The highest BCUT2D eigenvalue weighted by Gasteiger charge is 2.13. The maximum atomic E-state index is 13.6. The molecule has 1 heterocycles. The molecule has 1 aromatic carbocycles. The zero-order valence-corrected chi connectivity index (χ0v) is 12.1. The normalized spacial score (nSPS) is 12.3. The number of carboxylic acids is 1. The molecule has 1 atom stereocenters. The van der Waals surface area contributed by atoms with Crippen molar-refractivity contribution < 1.29 is 14.3 Å². The zero-order chi connectivity index (χ0) is 14.7. The monoisotopic (exact) mass is 293 g/mol. The number of hydrogen-bond donors (Lipinski definition) is 2. The number of benzene rings is 1. The first-order valence-corrected chi connectivity index (χ1v) is 7.11. The highest BCUT2D eigenvalue weighted by atomic mass is 32.1. The van der Waals surface area contributed by atoms with Crippen molar-refractivity contribution in [1.82, 2.24) is 5.32 Å². The molecule has 1 aromatic heterocycles. The Hall–Kier alpha value is -1.72. The van der Waals surface area contributed by atoms with E-state index in [9.17, 15) is 9.18 Å². The van der Waals surface area contributed by atoms with Gasteiger partial charge in [-0.25, -0.2) is 9.18 Å².